The highest BCUT2D eigenvalue weighted by atomic mass is 35.5. The lowest BCUT2D eigenvalue weighted by Crippen LogP contribution is -2.48. The van der Waals surface area contributed by atoms with Crippen molar-refractivity contribution in [2.24, 2.45) is 0 Å². The smallest absolute Gasteiger partial charge is 0.255 e. The Hall–Kier alpha value is -1.26. The van der Waals surface area contributed by atoms with E-state index in [1.165, 1.54) is 0 Å². The van der Waals surface area contributed by atoms with Gasteiger partial charge >= 0.3 is 0 Å². The van der Waals surface area contributed by atoms with Crippen LogP contribution in [0.1, 0.15) is 23.7 Å². The molecule has 0 aromatic heterocycles. The molecule has 1 atom stereocenters. The zero-order valence-electron chi connectivity index (χ0n) is 10.4. The molecule has 0 bridgehead atoms. The maximum atomic E-state index is 12.5. The third-order valence-electron chi connectivity index (χ3n) is 3.18. The van der Waals surface area contributed by atoms with Crippen LogP contribution < -0.4 is 5.73 Å². The average Bonchev–Trinajstić information content (AvgIpc) is 2.40. The van der Waals surface area contributed by atoms with E-state index in [-0.39, 0.29) is 11.9 Å². The summed E-state index contributed by atoms with van der Waals surface area (Å²) < 4.78 is 5.39. The standard InChI is InChI=1S/C13H17ClN2O2/c1-2-10-8-18-6-5-16(10)13(17)11-7-9(15)3-4-12(11)14/h3-4,7,10H,2,5-6,8,15H2,1H3. The van der Waals surface area contributed by atoms with Crippen LogP contribution in [0.2, 0.25) is 5.02 Å². The van der Waals surface area contributed by atoms with Crippen LogP contribution in [-0.4, -0.2) is 36.6 Å². The maximum Gasteiger partial charge on any atom is 0.255 e. The molecule has 1 heterocycles. The van der Waals surface area contributed by atoms with Gasteiger partial charge in [-0.15, -0.1) is 0 Å². The number of nitrogen functional groups attached to an aromatic ring is 1. The molecule has 1 amide bonds. The molecule has 0 saturated carbocycles. The second-order valence-electron chi connectivity index (χ2n) is 4.37. The number of ether oxygens (including phenoxy) is 1. The number of morpholine rings is 1. The zero-order chi connectivity index (χ0) is 13.1. The molecule has 4 nitrogen and oxygen atoms in total. The Morgan fingerprint density at radius 1 is 1.61 bits per heavy atom. The van der Waals surface area contributed by atoms with Gasteiger partial charge in [0.1, 0.15) is 0 Å². The number of hydrogen-bond acceptors (Lipinski definition) is 3. The number of rotatable bonds is 2. The van der Waals surface area contributed by atoms with Gasteiger partial charge in [0.25, 0.3) is 5.91 Å². The highest BCUT2D eigenvalue weighted by Crippen LogP contribution is 2.23. The zero-order valence-corrected chi connectivity index (χ0v) is 11.1. The van der Waals surface area contributed by atoms with Crippen LogP contribution in [0, 0.1) is 0 Å². The van der Waals surface area contributed by atoms with Crippen molar-refractivity contribution in [1.82, 2.24) is 4.90 Å². The predicted octanol–water partition coefficient (Wildman–Crippen LogP) is 2.17. The molecule has 1 aromatic rings. The number of amides is 1. The third kappa shape index (κ3) is 2.60. The van der Waals surface area contributed by atoms with Crippen LogP contribution in [0.15, 0.2) is 18.2 Å². The van der Waals surface area contributed by atoms with Crippen molar-refractivity contribution in [1.29, 1.82) is 0 Å². The van der Waals surface area contributed by atoms with Crippen LogP contribution in [0.3, 0.4) is 0 Å². The van der Waals surface area contributed by atoms with Crippen LogP contribution in [0.4, 0.5) is 5.69 Å². The van der Waals surface area contributed by atoms with Gasteiger partial charge in [0.15, 0.2) is 0 Å². The number of benzene rings is 1. The Labute approximate surface area is 112 Å². The average molecular weight is 269 g/mol. The molecule has 2 N–H and O–H groups in total. The molecule has 1 aliphatic rings. The van der Waals surface area contributed by atoms with Gasteiger partial charge in [0.2, 0.25) is 0 Å². The van der Waals surface area contributed by atoms with E-state index in [0.29, 0.717) is 36.0 Å². The maximum absolute atomic E-state index is 12.5. The summed E-state index contributed by atoms with van der Waals surface area (Å²) in [5, 5.41) is 0.440. The van der Waals surface area contributed by atoms with E-state index in [1.54, 1.807) is 18.2 Å². The van der Waals surface area contributed by atoms with Crippen molar-refractivity contribution in [3.8, 4) is 0 Å². The van der Waals surface area contributed by atoms with E-state index in [4.69, 9.17) is 22.1 Å². The lowest BCUT2D eigenvalue weighted by molar-refractivity contribution is -0.00278. The molecular weight excluding hydrogens is 252 g/mol. The van der Waals surface area contributed by atoms with Gasteiger partial charge < -0.3 is 15.4 Å². The number of carbonyl (C=O) groups is 1. The van der Waals surface area contributed by atoms with Gasteiger partial charge in [-0.1, -0.05) is 18.5 Å². The first kappa shape index (κ1) is 13.2. The van der Waals surface area contributed by atoms with E-state index in [2.05, 4.69) is 0 Å². The largest absolute Gasteiger partial charge is 0.399 e. The minimum absolute atomic E-state index is 0.0672. The molecule has 18 heavy (non-hydrogen) atoms. The first-order valence-corrected chi connectivity index (χ1v) is 6.45. The number of carbonyl (C=O) groups excluding carboxylic acids is 1. The predicted molar refractivity (Wildman–Crippen MR) is 71.8 cm³/mol. The van der Waals surface area contributed by atoms with E-state index >= 15 is 0 Å². The molecule has 98 valence electrons. The van der Waals surface area contributed by atoms with Crippen LogP contribution >= 0.6 is 11.6 Å². The van der Waals surface area contributed by atoms with Crippen molar-refractivity contribution in [3.63, 3.8) is 0 Å². The number of hydrogen-bond donors (Lipinski definition) is 1. The van der Waals surface area contributed by atoms with Crippen LogP contribution in [0.25, 0.3) is 0 Å². The second-order valence-corrected chi connectivity index (χ2v) is 4.78. The monoisotopic (exact) mass is 268 g/mol. The highest BCUT2D eigenvalue weighted by molar-refractivity contribution is 6.34. The van der Waals surface area contributed by atoms with Gasteiger partial charge in [0.05, 0.1) is 29.8 Å². The Kier molecular flexibility index (Phi) is 4.09. The summed E-state index contributed by atoms with van der Waals surface area (Å²) in [5.41, 5.74) is 6.72. The molecule has 0 aliphatic carbocycles. The molecule has 2 rings (SSSR count). The van der Waals surface area contributed by atoms with Gasteiger partial charge in [-0.2, -0.15) is 0 Å². The summed E-state index contributed by atoms with van der Waals surface area (Å²) in [7, 11) is 0. The summed E-state index contributed by atoms with van der Waals surface area (Å²) in [6.45, 7) is 3.80. The summed E-state index contributed by atoms with van der Waals surface area (Å²) in [5.74, 6) is -0.0672. The summed E-state index contributed by atoms with van der Waals surface area (Å²) in [4.78, 5) is 14.3. The molecule has 1 saturated heterocycles. The molecule has 5 heteroatoms. The summed E-state index contributed by atoms with van der Waals surface area (Å²) in [6, 6.07) is 5.09. The Morgan fingerprint density at radius 3 is 3.11 bits per heavy atom. The number of nitrogens with two attached hydrogens (primary N) is 1. The van der Waals surface area contributed by atoms with E-state index in [1.807, 2.05) is 11.8 Å². The summed E-state index contributed by atoms with van der Waals surface area (Å²) in [6.07, 6.45) is 0.867. The molecule has 1 fully saturated rings. The SMILES string of the molecule is CCC1COCCN1C(=O)c1cc(N)ccc1Cl. The fraction of sp³-hybridized carbons (Fsp3) is 0.462. The van der Waals surface area contributed by atoms with Gasteiger partial charge in [-0.3, -0.25) is 4.79 Å². The van der Waals surface area contributed by atoms with Crippen molar-refractivity contribution >= 4 is 23.2 Å². The first-order valence-electron chi connectivity index (χ1n) is 6.07. The van der Waals surface area contributed by atoms with E-state index < -0.39 is 0 Å². The van der Waals surface area contributed by atoms with E-state index in [0.717, 1.165) is 6.42 Å². The van der Waals surface area contributed by atoms with Gasteiger partial charge in [-0.05, 0) is 24.6 Å². The minimum atomic E-state index is -0.0672. The van der Waals surface area contributed by atoms with Gasteiger partial charge in [0, 0.05) is 12.2 Å². The number of nitrogens with zero attached hydrogens (tertiary/aromatic N) is 1. The van der Waals surface area contributed by atoms with Crippen molar-refractivity contribution in [3.05, 3.63) is 28.8 Å². The topological polar surface area (TPSA) is 55.6 Å². The van der Waals surface area contributed by atoms with Crippen molar-refractivity contribution in [2.75, 3.05) is 25.5 Å². The fourth-order valence-corrected chi connectivity index (χ4v) is 2.32. The lowest BCUT2D eigenvalue weighted by atomic mass is 10.1. The normalized spacial score (nSPS) is 19.9. The van der Waals surface area contributed by atoms with Crippen molar-refractivity contribution < 1.29 is 9.53 Å². The molecular formula is C13H17ClN2O2. The highest BCUT2D eigenvalue weighted by Gasteiger charge is 2.27. The fourth-order valence-electron chi connectivity index (χ4n) is 2.12. The number of halogens is 1. The third-order valence-corrected chi connectivity index (χ3v) is 3.51. The quantitative estimate of drug-likeness (QED) is 0.837. The summed E-state index contributed by atoms with van der Waals surface area (Å²) >= 11 is 6.07. The van der Waals surface area contributed by atoms with Crippen LogP contribution in [-0.2, 0) is 4.74 Å². The Balaban J connectivity index is 2.26. The lowest BCUT2D eigenvalue weighted by Gasteiger charge is -2.35. The van der Waals surface area contributed by atoms with Gasteiger partial charge in [-0.25, -0.2) is 0 Å². The van der Waals surface area contributed by atoms with Crippen LogP contribution in [0.5, 0.6) is 0 Å². The molecule has 0 radical (unpaired) electrons. The Morgan fingerprint density at radius 2 is 2.39 bits per heavy atom. The first-order chi connectivity index (χ1) is 8.63. The Bertz CT molecular complexity index is 451. The molecule has 1 unspecified atom stereocenters. The molecule has 1 aliphatic heterocycles. The molecule has 0 spiro atoms. The van der Waals surface area contributed by atoms with Crippen molar-refractivity contribution in [2.45, 2.75) is 19.4 Å². The molecule has 1 aromatic carbocycles. The van der Waals surface area contributed by atoms with E-state index in [9.17, 15) is 4.79 Å². The number of anilines is 1. The minimum Gasteiger partial charge on any atom is -0.399 e. The second kappa shape index (κ2) is 5.59.